The first kappa shape index (κ1) is 9.86. The highest BCUT2D eigenvalue weighted by atomic mass is 19.4. The van der Waals surface area contributed by atoms with Gasteiger partial charge in [0.05, 0.1) is 12.4 Å². The van der Waals surface area contributed by atoms with Crippen LogP contribution >= 0.6 is 0 Å². The molecule has 0 unspecified atom stereocenters. The monoisotopic (exact) mass is 229 g/mol. The van der Waals surface area contributed by atoms with Crippen molar-refractivity contribution < 1.29 is 13.2 Å². The van der Waals surface area contributed by atoms with Crippen LogP contribution in [0.1, 0.15) is 25.0 Å². The molecule has 0 amide bonds. The molecule has 3 saturated carbocycles. The maximum Gasteiger partial charge on any atom is 0.434 e. The minimum atomic E-state index is -4.41. The highest BCUT2D eigenvalue weighted by Gasteiger charge is 2.56. The van der Waals surface area contributed by atoms with E-state index in [2.05, 4.69) is 15.3 Å². The van der Waals surface area contributed by atoms with Crippen LogP contribution in [0, 0.1) is 5.92 Å². The van der Waals surface area contributed by atoms with E-state index in [1.54, 1.807) is 0 Å². The Kier molecular flexibility index (Phi) is 1.77. The minimum Gasteiger partial charge on any atom is -0.363 e. The molecule has 0 spiro atoms. The summed E-state index contributed by atoms with van der Waals surface area (Å²) in [6.45, 7) is 0. The number of hydrogen-bond acceptors (Lipinski definition) is 3. The molecule has 3 nitrogen and oxygen atoms in total. The Labute approximate surface area is 90.1 Å². The van der Waals surface area contributed by atoms with Crippen molar-refractivity contribution in [1.82, 2.24) is 9.97 Å². The number of halogens is 3. The van der Waals surface area contributed by atoms with E-state index >= 15 is 0 Å². The summed E-state index contributed by atoms with van der Waals surface area (Å²) in [5.74, 6) is 1.25. The van der Waals surface area contributed by atoms with Crippen LogP contribution in [0.25, 0.3) is 0 Å². The number of nitrogens with one attached hydrogen (secondary N) is 1. The van der Waals surface area contributed by atoms with Gasteiger partial charge in [0, 0.05) is 5.54 Å². The third-order valence-electron chi connectivity index (χ3n) is 3.37. The van der Waals surface area contributed by atoms with E-state index in [0.29, 0.717) is 5.82 Å². The van der Waals surface area contributed by atoms with Crippen LogP contribution in [0.5, 0.6) is 0 Å². The van der Waals surface area contributed by atoms with Gasteiger partial charge in [0.1, 0.15) is 5.82 Å². The van der Waals surface area contributed by atoms with Crippen LogP contribution in [0.4, 0.5) is 19.0 Å². The smallest absolute Gasteiger partial charge is 0.363 e. The average molecular weight is 229 g/mol. The molecule has 0 aromatic carbocycles. The van der Waals surface area contributed by atoms with Gasteiger partial charge in [-0.1, -0.05) is 0 Å². The molecule has 0 aliphatic heterocycles. The van der Waals surface area contributed by atoms with Crippen LogP contribution in [0.2, 0.25) is 0 Å². The molecule has 6 heteroatoms. The fraction of sp³-hybridized carbons (Fsp3) is 0.600. The lowest BCUT2D eigenvalue weighted by Gasteiger charge is -2.62. The standard InChI is InChI=1S/C10H10F3N3/c11-10(12,13)7-4-15-8(5-14-7)16-9-1-6(2-9)3-9/h4-6H,1-3H2,(H,15,16). The van der Waals surface area contributed by atoms with E-state index in [1.807, 2.05) is 0 Å². The van der Waals surface area contributed by atoms with Crippen molar-refractivity contribution >= 4 is 5.82 Å². The Hall–Kier alpha value is -1.33. The SMILES string of the molecule is FC(F)(F)c1cnc(NC23CC(C2)C3)cn1. The van der Waals surface area contributed by atoms with Gasteiger partial charge >= 0.3 is 6.18 Å². The van der Waals surface area contributed by atoms with Crippen molar-refractivity contribution in [2.75, 3.05) is 5.32 Å². The van der Waals surface area contributed by atoms with Gasteiger partial charge in [-0.2, -0.15) is 13.2 Å². The molecule has 3 aliphatic carbocycles. The number of rotatable bonds is 2. The van der Waals surface area contributed by atoms with E-state index in [-0.39, 0.29) is 5.54 Å². The molecule has 16 heavy (non-hydrogen) atoms. The fourth-order valence-electron chi connectivity index (χ4n) is 2.44. The highest BCUT2D eigenvalue weighted by Crippen LogP contribution is 2.58. The van der Waals surface area contributed by atoms with Gasteiger partial charge in [-0.3, -0.25) is 0 Å². The minimum absolute atomic E-state index is 0.110. The second kappa shape index (κ2) is 2.87. The van der Waals surface area contributed by atoms with Crippen molar-refractivity contribution in [2.45, 2.75) is 31.0 Å². The van der Waals surface area contributed by atoms with E-state index in [0.717, 1.165) is 37.6 Å². The van der Waals surface area contributed by atoms with E-state index in [1.165, 1.54) is 0 Å². The third-order valence-corrected chi connectivity index (χ3v) is 3.37. The first-order chi connectivity index (χ1) is 7.47. The maximum absolute atomic E-state index is 12.2. The predicted molar refractivity (Wildman–Crippen MR) is 50.7 cm³/mol. The molecule has 0 saturated heterocycles. The molecular formula is C10H10F3N3. The van der Waals surface area contributed by atoms with Gasteiger partial charge in [0.25, 0.3) is 0 Å². The van der Waals surface area contributed by atoms with Gasteiger partial charge in [-0.25, -0.2) is 9.97 Å². The molecule has 0 atom stereocenters. The molecule has 0 radical (unpaired) electrons. The first-order valence-electron chi connectivity index (χ1n) is 5.14. The highest BCUT2D eigenvalue weighted by molar-refractivity contribution is 5.40. The molecule has 4 rings (SSSR count). The molecule has 86 valence electrons. The molecule has 3 fully saturated rings. The molecule has 1 heterocycles. The van der Waals surface area contributed by atoms with Crippen molar-refractivity contribution in [3.05, 3.63) is 18.1 Å². The zero-order chi connectivity index (χ0) is 11.4. The molecule has 2 bridgehead atoms. The van der Waals surface area contributed by atoms with Crippen LogP contribution in [0.15, 0.2) is 12.4 Å². The second-order valence-corrected chi connectivity index (χ2v) is 4.67. The summed E-state index contributed by atoms with van der Waals surface area (Å²) in [5, 5.41) is 3.16. The number of anilines is 1. The van der Waals surface area contributed by atoms with Crippen LogP contribution in [-0.2, 0) is 6.18 Å². The van der Waals surface area contributed by atoms with Gasteiger partial charge in [-0.15, -0.1) is 0 Å². The van der Waals surface area contributed by atoms with Crippen molar-refractivity contribution in [2.24, 2.45) is 5.92 Å². The van der Waals surface area contributed by atoms with E-state index in [4.69, 9.17) is 0 Å². The summed E-state index contributed by atoms with van der Waals surface area (Å²) < 4.78 is 36.7. The largest absolute Gasteiger partial charge is 0.434 e. The van der Waals surface area contributed by atoms with E-state index < -0.39 is 11.9 Å². The molecular weight excluding hydrogens is 219 g/mol. The van der Waals surface area contributed by atoms with Gasteiger partial charge < -0.3 is 5.32 Å². The summed E-state index contributed by atoms with van der Waals surface area (Å²) in [7, 11) is 0. The molecule has 3 aliphatic rings. The summed E-state index contributed by atoms with van der Waals surface area (Å²) in [6.07, 6.45) is 0.833. The lowest BCUT2D eigenvalue weighted by molar-refractivity contribution is -0.141. The normalized spacial score (nSPS) is 31.6. The zero-order valence-corrected chi connectivity index (χ0v) is 8.38. The fourth-order valence-corrected chi connectivity index (χ4v) is 2.44. The summed E-state index contributed by atoms with van der Waals surface area (Å²) in [4.78, 5) is 7.10. The summed E-state index contributed by atoms with van der Waals surface area (Å²) >= 11 is 0. The first-order valence-corrected chi connectivity index (χ1v) is 5.14. The van der Waals surface area contributed by atoms with Crippen molar-refractivity contribution in [1.29, 1.82) is 0 Å². The Morgan fingerprint density at radius 1 is 1.19 bits per heavy atom. The number of aromatic nitrogens is 2. The Balaban J connectivity index is 1.72. The molecule has 1 aromatic heterocycles. The predicted octanol–water partition coefficient (Wildman–Crippen LogP) is 2.46. The second-order valence-electron chi connectivity index (χ2n) is 4.67. The van der Waals surface area contributed by atoms with E-state index in [9.17, 15) is 13.2 Å². The number of alkyl halides is 3. The summed E-state index contributed by atoms with van der Waals surface area (Å²) in [5.41, 5.74) is -0.838. The number of hydrogen-bond donors (Lipinski definition) is 1. The Bertz CT molecular complexity index is 395. The van der Waals surface area contributed by atoms with Crippen molar-refractivity contribution in [3.63, 3.8) is 0 Å². The van der Waals surface area contributed by atoms with Crippen LogP contribution in [0.3, 0.4) is 0 Å². The van der Waals surface area contributed by atoms with Crippen molar-refractivity contribution in [3.8, 4) is 0 Å². The van der Waals surface area contributed by atoms with Gasteiger partial charge in [-0.05, 0) is 25.2 Å². The van der Waals surface area contributed by atoms with Crippen LogP contribution in [-0.4, -0.2) is 15.5 Å². The Morgan fingerprint density at radius 3 is 2.25 bits per heavy atom. The lowest BCUT2D eigenvalue weighted by Crippen LogP contribution is -2.63. The average Bonchev–Trinajstić information content (AvgIpc) is 2.09. The van der Waals surface area contributed by atoms with Crippen LogP contribution < -0.4 is 5.32 Å². The van der Waals surface area contributed by atoms with Gasteiger partial charge in [0.15, 0.2) is 5.69 Å². The number of nitrogens with zero attached hydrogens (tertiary/aromatic N) is 2. The van der Waals surface area contributed by atoms with Gasteiger partial charge in [0.2, 0.25) is 0 Å². The molecule has 1 aromatic rings. The summed E-state index contributed by atoms with van der Waals surface area (Å²) in [6, 6.07) is 0. The molecule has 1 N–H and O–H groups in total. The quantitative estimate of drug-likeness (QED) is 0.846. The topological polar surface area (TPSA) is 37.8 Å². The Morgan fingerprint density at radius 2 is 1.88 bits per heavy atom. The lowest BCUT2D eigenvalue weighted by atomic mass is 9.50. The maximum atomic E-state index is 12.2. The third kappa shape index (κ3) is 1.44. The zero-order valence-electron chi connectivity index (χ0n) is 8.38.